The van der Waals surface area contributed by atoms with Gasteiger partial charge in [-0.05, 0) is 38.9 Å². The van der Waals surface area contributed by atoms with Crippen LogP contribution in [0, 0.1) is 24.2 Å². The number of terminal acetylenes is 1. The van der Waals surface area contributed by atoms with Crippen molar-refractivity contribution in [3.8, 4) is 12.3 Å². The first-order chi connectivity index (χ1) is 5.24. The lowest BCUT2D eigenvalue weighted by molar-refractivity contribution is 0.197. The molecule has 1 unspecified atom stereocenters. The van der Waals surface area contributed by atoms with Crippen molar-refractivity contribution in [3.05, 3.63) is 0 Å². The molecule has 1 heteroatoms. The maximum Gasteiger partial charge on any atom is 0.0201 e. The van der Waals surface area contributed by atoms with E-state index in [0.29, 0.717) is 5.92 Å². The highest BCUT2D eigenvalue weighted by molar-refractivity contribution is 4.95. The molecule has 1 aliphatic rings. The van der Waals surface area contributed by atoms with Gasteiger partial charge in [-0.1, -0.05) is 6.92 Å². The third-order valence-electron chi connectivity index (χ3n) is 2.73. The Morgan fingerprint density at radius 2 is 2.00 bits per heavy atom. The summed E-state index contributed by atoms with van der Waals surface area (Å²) in [6.07, 6.45) is 7.93. The van der Waals surface area contributed by atoms with Gasteiger partial charge in [0.1, 0.15) is 0 Å². The van der Waals surface area contributed by atoms with Crippen LogP contribution < -0.4 is 0 Å². The maximum atomic E-state index is 5.37. The lowest BCUT2D eigenvalue weighted by Crippen LogP contribution is -2.32. The maximum absolute atomic E-state index is 5.37. The van der Waals surface area contributed by atoms with Gasteiger partial charge in [-0.3, -0.25) is 0 Å². The average molecular weight is 151 g/mol. The molecule has 0 radical (unpaired) electrons. The zero-order chi connectivity index (χ0) is 8.27. The molecular weight excluding hydrogens is 134 g/mol. The van der Waals surface area contributed by atoms with E-state index in [1.165, 1.54) is 25.9 Å². The van der Waals surface area contributed by atoms with Crippen LogP contribution in [-0.4, -0.2) is 25.0 Å². The SMILES string of the molecule is C#CC(C)C1CCN(C)CC1. The van der Waals surface area contributed by atoms with Crippen molar-refractivity contribution < 1.29 is 0 Å². The molecular formula is C10H17N. The first kappa shape index (κ1) is 8.62. The van der Waals surface area contributed by atoms with Gasteiger partial charge in [-0.2, -0.15) is 0 Å². The Balaban J connectivity index is 2.34. The Bertz CT molecular complexity index is 149. The first-order valence-corrected chi connectivity index (χ1v) is 4.38. The summed E-state index contributed by atoms with van der Waals surface area (Å²) in [5.41, 5.74) is 0. The second-order valence-corrected chi connectivity index (χ2v) is 3.60. The molecule has 0 aliphatic carbocycles. The van der Waals surface area contributed by atoms with Crippen LogP contribution in [0.5, 0.6) is 0 Å². The predicted molar refractivity (Wildman–Crippen MR) is 48.2 cm³/mol. The summed E-state index contributed by atoms with van der Waals surface area (Å²) in [7, 11) is 2.18. The van der Waals surface area contributed by atoms with Crippen LogP contribution in [0.4, 0.5) is 0 Å². The van der Waals surface area contributed by atoms with Crippen molar-refractivity contribution >= 4 is 0 Å². The van der Waals surface area contributed by atoms with Crippen LogP contribution in [0.2, 0.25) is 0 Å². The fourth-order valence-electron chi connectivity index (χ4n) is 1.66. The van der Waals surface area contributed by atoms with E-state index in [4.69, 9.17) is 6.42 Å². The normalized spacial score (nSPS) is 24.5. The Hall–Kier alpha value is -0.480. The van der Waals surface area contributed by atoms with E-state index in [1.807, 2.05) is 0 Å². The highest BCUT2D eigenvalue weighted by Gasteiger charge is 2.20. The molecule has 0 aromatic rings. The average Bonchev–Trinajstić information content (AvgIpc) is 2.05. The molecule has 0 N–H and O–H groups in total. The fourth-order valence-corrected chi connectivity index (χ4v) is 1.66. The number of nitrogens with zero attached hydrogens (tertiary/aromatic N) is 1. The molecule has 0 spiro atoms. The number of hydrogen-bond acceptors (Lipinski definition) is 1. The minimum atomic E-state index is 0.476. The summed E-state index contributed by atoms with van der Waals surface area (Å²) in [5.74, 6) is 4.08. The van der Waals surface area contributed by atoms with Crippen molar-refractivity contribution in [2.45, 2.75) is 19.8 Å². The molecule has 0 aromatic heterocycles. The molecule has 1 atom stereocenters. The molecule has 0 aromatic carbocycles. The molecule has 62 valence electrons. The second kappa shape index (κ2) is 3.78. The summed E-state index contributed by atoms with van der Waals surface area (Å²) < 4.78 is 0. The van der Waals surface area contributed by atoms with Gasteiger partial charge in [0.25, 0.3) is 0 Å². The molecule has 1 fully saturated rings. The van der Waals surface area contributed by atoms with E-state index >= 15 is 0 Å². The van der Waals surface area contributed by atoms with Gasteiger partial charge in [-0.15, -0.1) is 12.3 Å². The molecule has 1 nitrogen and oxygen atoms in total. The van der Waals surface area contributed by atoms with E-state index < -0.39 is 0 Å². The van der Waals surface area contributed by atoms with Gasteiger partial charge < -0.3 is 4.90 Å². The smallest absolute Gasteiger partial charge is 0.0201 e. The Morgan fingerprint density at radius 1 is 1.45 bits per heavy atom. The van der Waals surface area contributed by atoms with Gasteiger partial charge in [0.05, 0.1) is 0 Å². The van der Waals surface area contributed by atoms with Crippen molar-refractivity contribution in [1.29, 1.82) is 0 Å². The van der Waals surface area contributed by atoms with E-state index in [2.05, 4.69) is 24.8 Å². The second-order valence-electron chi connectivity index (χ2n) is 3.60. The van der Waals surface area contributed by atoms with Crippen LogP contribution >= 0.6 is 0 Å². The van der Waals surface area contributed by atoms with Crippen LogP contribution in [0.1, 0.15) is 19.8 Å². The van der Waals surface area contributed by atoms with E-state index in [0.717, 1.165) is 5.92 Å². The van der Waals surface area contributed by atoms with Crippen molar-refractivity contribution in [1.82, 2.24) is 4.90 Å². The van der Waals surface area contributed by atoms with E-state index in [1.54, 1.807) is 0 Å². The predicted octanol–water partition coefficient (Wildman–Crippen LogP) is 1.60. The van der Waals surface area contributed by atoms with Gasteiger partial charge >= 0.3 is 0 Å². The summed E-state index contributed by atoms with van der Waals surface area (Å²) in [4.78, 5) is 2.37. The Morgan fingerprint density at radius 3 is 2.45 bits per heavy atom. The molecule has 1 aliphatic heterocycles. The highest BCUT2D eigenvalue weighted by atomic mass is 15.1. The van der Waals surface area contributed by atoms with Crippen molar-refractivity contribution in [3.63, 3.8) is 0 Å². The summed E-state index contributed by atoms with van der Waals surface area (Å²) in [6, 6.07) is 0. The molecule has 0 bridgehead atoms. The lowest BCUT2D eigenvalue weighted by Gasteiger charge is -2.30. The van der Waals surface area contributed by atoms with Gasteiger partial charge in [-0.25, -0.2) is 0 Å². The zero-order valence-electron chi connectivity index (χ0n) is 7.51. The minimum absolute atomic E-state index is 0.476. The minimum Gasteiger partial charge on any atom is -0.306 e. The number of hydrogen-bond donors (Lipinski definition) is 0. The highest BCUT2D eigenvalue weighted by Crippen LogP contribution is 2.23. The third kappa shape index (κ3) is 2.24. The summed E-state index contributed by atoms with van der Waals surface area (Å²) in [5, 5.41) is 0. The zero-order valence-corrected chi connectivity index (χ0v) is 7.51. The molecule has 0 saturated carbocycles. The molecule has 1 saturated heterocycles. The third-order valence-corrected chi connectivity index (χ3v) is 2.73. The largest absolute Gasteiger partial charge is 0.306 e. The van der Waals surface area contributed by atoms with Crippen LogP contribution in [0.15, 0.2) is 0 Å². The van der Waals surface area contributed by atoms with Crippen LogP contribution in [0.3, 0.4) is 0 Å². The van der Waals surface area contributed by atoms with E-state index in [-0.39, 0.29) is 0 Å². The Kier molecular flexibility index (Phi) is 2.96. The molecule has 1 heterocycles. The molecule has 11 heavy (non-hydrogen) atoms. The van der Waals surface area contributed by atoms with Crippen molar-refractivity contribution in [2.24, 2.45) is 11.8 Å². The van der Waals surface area contributed by atoms with Gasteiger partial charge in [0, 0.05) is 5.92 Å². The molecule has 1 rings (SSSR count). The standard InChI is InChI=1S/C10H17N/c1-4-9(2)10-5-7-11(3)8-6-10/h1,9-10H,5-8H2,2-3H3. The quantitative estimate of drug-likeness (QED) is 0.514. The van der Waals surface area contributed by atoms with Crippen molar-refractivity contribution in [2.75, 3.05) is 20.1 Å². The van der Waals surface area contributed by atoms with E-state index in [9.17, 15) is 0 Å². The topological polar surface area (TPSA) is 3.24 Å². The summed E-state index contributed by atoms with van der Waals surface area (Å²) >= 11 is 0. The lowest BCUT2D eigenvalue weighted by atomic mass is 9.86. The number of piperidine rings is 1. The first-order valence-electron chi connectivity index (χ1n) is 4.38. The van der Waals surface area contributed by atoms with Gasteiger partial charge in [0.2, 0.25) is 0 Å². The van der Waals surface area contributed by atoms with Gasteiger partial charge in [0.15, 0.2) is 0 Å². The Labute approximate surface area is 69.8 Å². The monoisotopic (exact) mass is 151 g/mol. The number of likely N-dealkylation sites (tertiary alicyclic amines) is 1. The number of rotatable bonds is 1. The fraction of sp³-hybridized carbons (Fsp3) is 0.800. The molecule has 0 amide bonds. The van der Waals surface area contributed by atoms with Crippen LogP contribution in [0.25, 0.3) is 0 Å². The summed E-state index contributed by atoms with van der Waals surface area (Å²) in [6.45, 7) is 4.60. The van der Waals surface area contributed by atoms with Crippen LogP contribution in [-0.2, 0) is 0 Å².